The number of para-hydroxylation sites is 2. The Kier molecular flexibility index (Phi) is 5.35. The molecule has 2 aromatic carbocycles. The Morgan fingerprint density at radius 2 is 1.68 bits per heavy atom. The first kappa shape index (κ1) is 17.0. The topological polar surface area (TPSA) is 47.4 Å². The number of hydrogen-bond acceptors (Lipinski definition) is 4. The van der Waals surface area contributed by atoms with Crippen LogP contribution in [0, 0.1) is 6.92 Å². The number of aromatic nitrogens is 2. The van der Waals surface area contributed by atoms with Crippen LogP contribution in [-0.4, -0.2) is 24.7 Å². The molecule has 4 nitrogen and oxygen atoms in total. The molecule has 0 saturated heterocycles. The molecule has 0 fully saturated rings. The van der Waals surface area contributed by atoms with Crippen LogP contribution < -0.4 is 4.43 Å². The van der Waals surface area contributed by atoms with Crippen LogP contribution in [-0.2, 0) is 0 Å². The molecule has 0 bridgehead atoms. The minimum Gasteiger partial charge on any atom is -0.546 e. The van der Waals surface area contributed by atoms with Gasteiger partial charge in [-0.3, -0.25) is 0 Å². The second kappa shape index (κ2) is 7.85. The summed E-state index contributed by atoms with van der Waals surface area (Å²) in [6, 6.07) is 19.7. The predicted octanol–water partition coefficient (Wildman–Crippen LogP) is 4.32. The van der Waals surface area contributed by atoms with Crippen molar-refractivity contribution >= 4 is 20.4 Å². The van der Waals surface area contributed by atoms with E-state index in [0.29, 0.717) is 5.82 Å². The van der Waals surface area contributed by atoms with Crippen LogP contribution in [0.3, 0.4) is 0 Å². The summed E-state index contributed by atoms with van der Waals surface area (Å²) >= 11 is 0. The largest absolute Gasteiger partial charge is 0.546 e. The van der Waals surface area contributed by atoms with Gasteiger partial charge in [0.15, 0.2) is 5.82 Å². The van der Waals surface area contributed by atoms with Crippen molar-refractivity contribution in [3.63, 3.8) is 0 Å². The lowest BCUT2D eigenvalue weighted by Gasteiger charge is -2.13. The average molecular weight is 347 g/mol. The number of rotatable bonds is 5. The smallest absolute Gasteiger partial charge is 0.229 e. The fourth-order valence-electron chi connectivity index (χ4n) is 2.43. The van der Waals surface area contributed by atoms with E-state index in [4.69, 9.17) is 9.42 Å². The Morgan fingerprint density at radius 3 is 2.40 bits per heavy atom. The van der Waals surface area contributed by atoms with E-state index in [1.54, 1.807) is 6.20 Å². The lowest BCUT2D eigenvalue weighted by molar-refractivity contribution is 0.582. The maximum Gasteiger partial charge on any atom is 0.229 e. The fraction of sp³-hybridized carbons (Fsp3) is 0.150. The van der Waals surface area contributed by atoms with Gasteiger partial charge in [-0.15, -0.1) is 0 Å². The van der Waals surface area contributed by atoms with Crippen LogP contribution in [0.2, 0.25) is 13.1 Å². The van der Waals surface area contributed by atoms with Gasteiger partial charge in [0.25, 0.3) is 0 Å². The van der Waals surface area contributed by atoms with Gasteiger partial charge in [-0.25, -0.2) is 15.0 Å². The highest BCUT2D eigenvalue weighted by molar-refractivity contribution is 6.49. The number of aliphatic imine (C=N–C) groups is 1. The van der Waals surface area contributed by atoms with Crippen molar-refractivity contribution in [3.8, 4) is 5.75 Å². The molecule has 3 aromatic rings. The summed E-state index contributed by atoms with van der Waals surface area (Å²) in [4.78, 5) is 13.9. The summed E-state index contributed by atoms with van der Waals surface area (Å²) in [5.41, 5.74) is 3.43. The summed E-state index contributed by atoms with van der Waals surface area (Å²) in [5, 5.41) is 0. The Balaban J connectivity index is 2.14. The molecule has 0 aliphatic rings. The van der Waals surface area contributed by atoms with Crippen molar-refractivity contribution in [1.29, 1.82) is 0 Å². The summed E-state index contributed by atoms with van der Waals surface area (Å²) in [7, 11) is -1.23. The molecule has 0 saturated carbocycles. The molecular formula is C20H21N3OSi. The zero-order valence-electron chi connectivity index (χ0n) is 14.7. The summed E-state index contributed by atoms with van der Waals surface area (Å²) in [5.74, 6) is 1.42. The Hall–Kier alpha value is -2.79. The van der Waals surface area contributed by atoms with Crippen molar-refractivity contribution in [2.45, 2.75) is 20.0 Å². The molecule has 1 aromatic heterocycles. The van der Waals surface area contributed by atoms with Crippen molar-refractivity contribution in [2.75, 3.05) is 0 Å². The number of hydrogen-bond donors (Lipinski definition) is 0. The minimum absolute atomic E-state index is 0.614. The van der Waals surface area contributed by atoms with Gasteiger partial charge in [-0.1, -0.05) is 42.5 Å². The van der Waals surface area contributed by atoms with E-state index in [2.05, 4.69) is 23.1 Å². The van der Waals surface area contributed by atoms with E-state index in [1.165, 1.54) is 0 Å². The van der Waals surface area contributed by atoms with Gasteiger partial charge in [0, 0.05) is 17.5 Å². The van der Waals surface area contributed by atoms with Gasteiger partial charge in [-0.05, 0) is 38.2 Å². The van der Waals surface area contributed by atoms with Crippen molar-refractivity contribution in [2.24, 2.45) is 4.99 Å². The van der Waals surface area contributed by atoms with Crippen LogP contribution in [0.25, 0.3) is 0 Å². The summed E-state index contributed by atoms with van der Waals surface area (Å²) in [6.45, 7) is 6.24. The van der Waals surface area contributed by atoms with Crippen LogP contribution in [0.4, 0.5) is 5.69 Å². The molecule has 0 spiro atoms. The maximum absolute atomic E-state index is 6.03. The Labute approximate surface area is 150 Å². The molecule has 0 aliphatic carbocycles. The molecule has 0 aliphatic heterocycles. The molecule has 1 heterocycles. The first-order valence-electron chi connectivity index (χ1n) is 8.33. The van der Waals surface area contributed by atoms with Gasteiger partial charge in [-0.2, -0.15) is 0 Å². The van der Waals surface area contributed by atoms with E-state index < -0.39 is 9.04 Å². The first-order chi connectivity index (χ1) is 12.1. The zero-order chi connectivity index (χ0) is 17.6. The highest BCUT2D eigenvalue weighted by Crippen LogP contribution is 2.29. The highest BCUT2D eigenvalue weighted by Gasteiger charge is 2.13. The standard InChI is InChI=1S/C20H21N3OSi/c1-15-13-14-21-20(22-15)19(16-9-5-4-6-10-16)23-17-11-7-8-12-18(17)24-25(2)3/h4-14,25H,1-3H3. The van der Waals surface area contributed by atoms with Crippen molar-refractivity contribution < 1.29 is 4.43 Å². The van der Waals surface area contributed by atoms with Gasteiger partial charge >= 0.3 is 0 Å². The molecule has 0 atom stereocenters. The summed E-state index contributed by atoms with van der Waals surface area (Å²) < 4.78 is 6.03. The van der Waals surface area contributed by atoms with Gasteiger partial charge in [0.05, 0.1) is 0 Å². The monoisotopic (exact) mass is 347 g/mol. The van der Waals surface area contributed by atoms with Gasteiger partial charge in [0.2, 0.25) is 9.04 Å². The normalized spacial score (nSPS) is 11.6. The second-order valence-corrected chi connectivity index (χ2v) is 8.32. The number of nitrogens with zero attached hydrogens (tertiary/aromatic N) is 3. The molecule has 126 valence electrons. The van der Waals surface area contributed by atoms with E-state index in [0.717, 1.165) is 28.4 Å². The third-order valence-electron chi connectivity index (χ3n) is 3.51. The quantitative estimate of drug-likeness (QED) is 0.510. The van der Waals surface area contributed by atoms with Crippen LogP contribution in [0.1, 0.15) is 17.1 Å². The maximum atomic E-state index is 6.03. The SMILES string of the molecule is Cc1ccnc(C(=Nc2ccccc2O[SiH](C)C)c2ccccc2)n1. The predicted molar refractivity (Wildman–Crippen MR) is 104 cm³/mol. The molecule has 3 rings (SSSR count). The number of aryl methyl sites for hydroxylation is 1. The van der Waals surface area contributed by atoms with Crippen molar-refractivity contribution in [3.05, 3.63) is 83.9 Å². The fourth-order valence-corrected chi connectivity index (χ4v) is 3.13. The molecular weight excluding hydrogens is 326 g/mol. The molecule has 5 heteroatoms. The average Bonchev–Trinajstić information content (AvgIpc) is 2.61. The van der Waals surface area contributed by atoms with Gasteiger partial charge in [0.1, 0.15) is 17.1 Å². The molecule has 0 unspecified atom stereocenters. The molecule has 0 radical (unpaired) electrons. The second-order valence-electron chi connectivity index (χ2n) is 5.98. The Morgan fingerprint density at radius 1 is 0.960 bits per heavy atom. The molecule has 25 heavy (non-hydrogen) atoms. The number of benzene rings is 2. The zero-order valence-corrected chi connectivity index (χ0v) is 15.8. The first-order valence-corrected chi connectivity index (χ1v) is 11.1. The third kappa shape index (κ3) is 4.39. The van der Waals surface area contributed by atoms with E-state index in [1.807, 2.05) is 67.6 Å². The van der Waals surface area contributed by atoms with E-state index in [9.17, 15) is 0 Å². The van der Waals surface area contributed by atoms with Gasteiger partial charge < -0.3 is 4.43 Å². The van der Waals surface area contributed by atoms with Crippen LogP contribution >= 0.6 is 0 Å². The van der Waals surface area contributed by atoms with Crippen LogP contribution in [0.15, 0.2) is 71.9 Å². The molecule has 0 amide bonds. The molecule has 0 N–H and O–H groups in total. The summed E-state index contributed by atoms with van der Waals surface area (Å²) in [6.07, 6.45) is 1.76. The van der Waals surface area contributed by atoms with Crippen LogP contribution in [0.5, 0.6) is 5.75 Å². The highest BCUT2D eigenvalue weighted by atomic mass is 28.3. The minimum atomic E-state index is -1.23. The lowest BCUT2D eigenvalue weighted by Crippen LogP contribution is -2.12. The van der Waals surface area contributed by atoms with Crippen molar-refractivity contribution in [1.82, 2.24) is 9.97 Å². The van der Waals surface area contributed by atoms with E-state index >= 15 is 0 Å². The lowest BCUT2D eigenvalue weighted by atomic mass is 10.1. The van der Waals surface area contributed by atoms with E-state index in [-0.39, 0.29) is 0 Å². The Bertz CT molecular complexity index is 879. The third-order valence-corrected chi connectivity index (χ3v) is 4.24.